The van der Waals surface area contributed by atoms with Crippen LogP contribution in [0.1, 0.15) is 29.8 Å². The molecule has 1 saturated heterocycles. The van der Waals surface area contributed by atoms with Crippen molar-refractivity contribution in [2.45, 2.75) is 25.3 Å². The molecule has 2 aromatic rings. The Kier molecular flexibility index (Phi) is 4.88. The number of para-hydroxylation sites is 1. The average molecular weight is 311 g/mol. The molecule has 120 valence electrons. The van der Waals surface area contributed by atoms with Crippen LogP contribution in [0, 0.1) is 0 Å². The summed E-state index contributed by atoms with van der Waals surface area (Å²) in [4.78, 5) is 18.8. The number of carbonyl (C=O) groups is 1. The first-order valence-electron chi connectivity index (χ1n) is 7.98. The first-order chi connectivity index (χ1) is 11.3. The van der Waals surface area contributed by atoms with E-state index in [0.29, 0.717) is 18.0 Å². The zero-order valence-electron chi connectivity index (χ0n) is 13.0. The SMILES string of the molecule is NC[C@@H]1CCCCN1C(=O)c1cc(Oc2ccccc2)ccn1. The number of nitrogens with two attached hydrogens (primary N) is 1. The predicted molar refractivity (Wildman–Crippen MR) is 88.5 cm³/mol. The Hall–Kier alpha value is -2.40. The molecule has 1 amide bonds. The lowest BCUT2D eigenvalue weighted by molar-refractivity contribution is 0.0617. The number of hydrogen-bond donors (Lipinski definition) is 1. The molecule has 1 aliphatic rings. The highest BCUT2D eigenvalue weighted by molar-refractivity contribution is 5.93. The quantitative estimate of drug-likeness (QED) is 0.942. The van der Waals surface area contributed by atoms with Crippen LogP contribution in [0.2, 0.25) is 0 Å². The normalized spacial score (nSPS) is 17.8. The Morgan fingerprint density at radius 1 is 1.22 bits per heavy atom. The molecule has 0 bridgehead atoms. The van der Waals surface area contributed by atoms with Gasteiger partial charge in [-0.3, -0.25) is 9.78 Å². The minimum absolute atomic E-state index is 0.0707. The molecule has 0 saturated carbocycles. The van der Waals surface area contributed by atoms with Gasteiger partial charge in [-0.05, 0) is 37.5 Å². The van der Waals surface area contributed by atoms with Gasteiger partial charge in [-0.1, -0.05) is 18.2 Å². The summed E-state index contributed by atoms with van der Waals surface area (Å²) in [5.74, 6) is 1.27. The fourth-order valence-corrected chi connectivity index (χ4v) is 2.88. The van der Waals surface area contributed by atoms with Crippen molar-refractivity contribution in [3.05, 3.63) is 54.4 Å². The molecule has 0 aliphatic carbocycles. The van der Waals surface area contributed by atoms with Gasteiger partial charge in [0.05, 0.1) is 0 Å². The van der Waals surface area contributed by atoms with Gasteiger partial charge in [0, 0.05) is 31.4 Å². The molecule has 5 nitrogen and oxygen atoms in total. The third-order valence-corrected chi connectivity index (χ3v) is 4.09. The van der Waals surface area contributed by atoms with Gasteiger partial charge < -0.3 is 15.4 Å². The van der Waals surface area contributed by atoms with Crippen molar-refractivity contribution in [3.63, 3.8) is 0 Å². The molecule has 3 rings (SSSR count). The summed E-state index contributed by atoms with van der Waals surface area (Å²) in [6, 6.07) is 13.0. The predicted octanol–water partition coefficient (Wildman–Crippen LogP) is 2.83. The lowest BCUT2D eigenvalue weighted by atomic mass is 10.0. The highest BCUT2D eigenvalue weighted by Crippen LogP contribution is 2.23. The number of aromatic nitrogens is 1. The smallest absolute Gasteiger partial charge is 0.272 e. The maximum absolute atomic E-state index is 12.7. The first kappa shape index (κ1) is 15.5. The van der Waals surface area contributed by atoms with E-state index < -0.39 is 0 Å². The maximum Gasteiger partial charge on any atom is 0.272 e. The summed E-state index contributed by atoms with van der Waals surface area (Å²) in [6.07, 6.45) is 4.70. The molecule has 0 spiro atoms. The van der Waals surface area contributed by atoms with E-state index in [0.717, 1.165) is 31.6 Å². The minimum Gasteiger partial charge on any atom is -0.457 e. The fourth-order valence-electron chi connectivity index (χ4n) is 2.88. The van der Waals surface area contributed by atoms with E-state index in [9.17, 15) is 4.79 Å². The molecule has 1 aromatic heterocycles. The van der Waals surface area contributed by atoms with E-state index in [1.165, 1.54) is 0 Å². The van der Waals surface area contributed by atoms with Crippen LogP contribution >= 0.6 is 0 Å². The van der Waals surface area contributed by atoms with Crippen LogP contribution < -0.4 is 10.5 Å². The van der Waals surface area contributed by atoms with Crippen molar-refractivity contribution in [1.82, 2.24) is 9.88 Å². The van der Waals surface area contributed by atoms with Crippen LogP contribution in [0.15, 0.2) is 48.7 Å². The third kappa shape index (κ3) is 3.68. The van der Waals surface area contributed by atoms with E-state index in [4.69, 9.17) is 10.5 Å². The molecular formula is C18H21N3O2. The van der Waals surface area contributed by atoms with Gasteiger partial charge in [-0.15, -0.1) is 0 Å². The molecule has 2 heterocycles. The maximum atomic E-state index is 12.7. The second kappa shape index (κ2) is 7.24. The van der Waals surface area contributed by atoms with Crippen LogP contribution in [-0.2, 0) is 0 Å². The zero-order valence-corrected chi connectivity index (χ0v) is 13.0. The number of piperidine rings is 1. The molecule has 0 unspecified atom stereocenters. The Balaban J connectivity index is 1.77. The Labute approximate surface area is 136 Å². The fraction of sp³-hybridized carbons (Fsp3) is 0.333. The highest BCUT2D eigenvalue weighted by atomic mass is 16.5. The van der Waals surface area contributed by atoms with E-state index >= 15 is 0 Å². The summed E-state index contributed by atoms with van der Waals surface area (Å²) in [6.45, 7) is 1.23. The summed E-state index contributed by atoms with van der Waals surface area (Å²) in [7, 11) is 0. The molecule has 1 aliphatic heterocycles. The Morgan fingerprint density at radius 3 is 2.83 bits per heavy atom. The molecule has 1 atom stereocenters. The summed E-state index contributed by atoms with van der Waals surface area (Å²) in [5, 5.41) is 0. The molecule has 5 heteroatoms. The van der Waals surface area contributed by atoms with Gasteiger partial charge in [0.15, 0.2) is 0 Å². The lowest BCUT2D eigenvalue weighted by Gasteiger charge is -2.34. The van der Waals surface area contributed by atoms with E-state index in [1.807, 2.05) is 35.2 Å². The van der Waals surface area contributed by atoms with E-state index in [1.54, 1.807) is 18.3 Å². The number of ether oxygens (including phenoxy) is 1. The summed E-state index contributed by atoms with van der Waals surface area (Å²) >= 11 is 0. The van der Waals surface area contributed by atoms with Crippen LogP contribution in [0.5, 0.6) is 11.5 Å². The number of rotatable bonds is 4. The number of carbonyl (C=O) groups excluding carboxylic acids is 1. The number of pyridine rings is 1. The van der Waals surface area contributed by atoms with Crippen LogP contribution in [-0.4, -0.2) is 34.9 Å². The standard InChI is InChI=1S/C18H21N3O2/c19-13-14-6-4-5-11-21(14)18(22)17-12-16(9-10-20-17)23-15-7-2-1-3-8-15/h1-3,7-10,12,14H,4-6,11,13,19H2/t14-/m0/s1. The van der Waals surface area contributed by atoms with Gasteiger partial charge in [0.1, 0.15) is 17.2 Å². The minimum atomic E-state index is -0.0707. The monoisotopic (exact) mass is 311 g/mol. The molecule has 23 heavy (non-hydrogen) atoms. The second-order valence-electron chi connectivity index (χ2n) is 5.68. The van der Waals surface area contributed by atoms with Gasteiger partial charge in [-0.2, -0.15) is 0 Å². The third-order valence-electron chi connectivity index (χ3n) is 4.09. The van der Waals surface area contributed by atoms with Crippen LogP contribution in [0.25, 0.3) is 0 Å². The Morgan fingerprint density at radius 2 is 2.04 bits per heavy atom. The number of hydrogen-bond acceptors (Lipinski definition) is 4. The number of nitrogens with zero attached hydrogens (tertiary/aromatic N) is 2. The van der Waals surface area contributed by atoms with Gasteiger partial charge in [0.2, 0.25) is 0 Å². The number of amides is 1. The topological polar surface area (TPSA) is 68.5 Å². The second-order valence-corrected chi connectivity index (χ2v) is 5.68. The van der Waals surface area contributed by atoms with Crippen molar-refractivity contribution in [3.8, 4) is 11.5 Å². The average Bonchev–Trinajstić information content (AvgIpc) is 2.62. The molecule has 1 fully saturated rings. The molecule has 1 aromatic carbocycles. The number of likely N-dealkylation sites (tertiary alicyclic amines) is 1. The lowest BCUT2D eigenvalue weighted by Crippen LogP contribution is -2.47. The van der Waals surface area contributed by atoms with E-state index in [2.05, 4.69) is 4.98 Å². The van der Waals surface area contributed by atoms with Crippen molar-refractivity contribution in [2.24, 2.45) is 5.73 Å². The first-order valence-corrected chi connectivity index (χ1v) is 7.98. The molecule has 2 N–H and O–H groups in total. The largest absolute Gasteiger partial charge is 0.457 e. The van der Waals surface area contributed by atoms with E-state index in [-0.39, 0.29) is 11.9 Å². The van der Waals surface area contributed by atoms with Gasteiger partial charge in [0.25, 0.3) is 5.91 Å². The summed E-state index contributed by atoms with van der Waals surface area (Å²) < 4.78 is 5.77. The molecule has 0 radical (unpaired) electrons. The van der Waals surface area contributed by atoms with Crippen molar-refractivity contribution >= 4 is 5.91 Å². The number of benzene rings is 1. The van der Waals surface area contributed by atoms with Crippen molar-refractivity contribution in [1.29, 1.82) is 0 Å². The van der Waals surface area contributed by atoms with Crippen molar-refractivity contribution < 1.29 is 9.53 Å². The highest BCUT2D eigenvalue weighted by Gasteiger charge is 2.27. The summed E-state index contributed by atoms with van der Waals surface area (Å²) in [5.41, 5.74) is 6.20. The van der Waals surface area contributed by atoms with Crippen LogP contribution in [0.4, 0.5) is 0 Å². The Bertz CT molecular complexity index is 660. The molecular weight excluding hydrogens is 290 g/mol. The zero-order chi connectivity index (χ0) is 16.1. The van der Waals surface area contributed by atoms with Gasteiger partial charge in [-0.25, -0.2) is 0 Å². The van der Waals surface area contributed by atoms with Crippen LogP contribution in [0.3, 0.4) is 0 Å². The van der Waals surface area contributed by atoms with Crippen molar-refractivity contribution in [2.75, 3.05) is 13.1 Å². The van der Waals surface area contributed by atoms with Gasteiger partial charge >= 0.3 is 0 Å².